The minimum absolute atomic E-state index is 1.07. The first-order valence-electron chi connectivity index (χ1n) is 15.1. The second kappa shape index (κ2) is 8.24. The molecule has 0 atom stereocenters. The Balaban J connectivity index is 1.37. The highest BCUT2D eigenvalue weighted by Crippen LogP contribution is 2.51. The molecule has 2 nitrogen and oxygen atoms in total. The average Bonchev–Trinajstić information content (AvgIpc) is 3.57. The maximum atomic E-state index is 2.53. The third-order valence-electron chi connectivity index (χ3n) is 9.85. The molecule has 0 saturated carbocycles. The Kier molecular flexibility index (Phi) is 4.43. The highest BCUT2D eigenvalue weighted by atomic mass is 15.0. The molecule has 2 aliphatic rings. The number of benzene rings is 6. The van der Waals surface area contributed by atoms with Gasteiger partial charge in [-0.15, -0.1) is 0 Å². The van der Waals surface area contributed by atoms with Crippen molar-refractivity contribution in [2.24, 2.45) is 0 Å². The SMILES string of the molecule is c1ccc(-n2c3ccccc3c3cc4c5c(c32)CCc2cc3c6ccccc6n(-c6ccccc6)c3c(c2-5)CC4)cc1. The van der Waals surface area contributed by atoms with E-state index in [9.17, 15) is 0 Å². The molecule has 0 N–H and O–H groups in total. The molecule has 2 aliphatic carbocycles. The second-order valence-corrected chi connectivity index (χ2v) is 11.9. The first-order valence-corrected chi connectivity index (χ1v) is 15.1. The zero-order chi connectivity index (χ0) is 27.4. The topological polar surface area (TPSA) is 9.86 Å². The van der Waals surface area contributed by atoms with Crippen molar-refractivity contribution in [2.45, 2.75) is 25.7 Å². The second-order valence-electron chi connectivity index (χ2n) is 11.9. The smallest absolute Gasteiger partial charge is 0.0579 e. The van der Waals surface area contributed by atoms with Gasteiger partial charge in [0.1, 0.15) is 0 Å². The molecule has 0 spiro atoms. The summed E-state index contributed by atoms with van der Waals surface area (Å²) in [6.07, 6.45) is 4.28. The van der Waals surface area contributed by atoms with Crippen LogP contribution in [0, 0.1) is 0 Å². The van der Waals surface area contributed by atoms with Crippen LogP contribution in [0.25, 0.3) is 66.1 Å². The van der Waals surface area contributed by atoms with Crippen LogP contribution in [0.3, 0.4) is 0 Å². The third-order valence-corrected chi connectivity index (χ3v) is 9.85. The number of aryl methyl sites for hydroxylation is 4. The van der Waals surface area contributed by atoms with Gasteiger partial charge in [-0.3, -0.25) is 0 Å². The molecule has 0 amide bonds. The molecular weight excluding hydrogens is 508 g/mol. The van der Waals surface area contributed by atoms with Crippen molar-refractivity contribution in [1.82, 2.24) is 9.13 Å². The summed E-state index contributed by atoms with van der Waals surface area (Å²) in [5, 5.41) is 5.50. The van der Waals surface area contributed by atoms with Gasteiger partial charge in [-0.2, -0.15) is 0 Å². The zero-order valence-corrected chi connectivity index (χ0v) is 23.3. The summed E-state index contributed by atoms with van der Waals surface area (Å²) in [4.78, 5) is 0. The number of fused-ring (bicyclic) bond motifs is 8. The van der Waals surface area contributed by atoms with E-state index in [1.54, 1.807) is 0 Å². The molecule has 0 saturated heterocycles. The first kappa shape index (κ1) is 22.6. The van der Waals surface area contributed by atoms with Crippen molar-refractivity contribution in [3.63, 3.8) is 0 Å². The highest BCUT2D eigenvalue weighted by Gasteiger charge is 2.32. The van der Waals surface area contributed by atoms with E-state index in [4.69, 9.17) is 0 Å². The fraction of sp³-hybridized carbons (Fsp3) is 0.100. The number of hydrogen-bond acceptors (Lipinski definition) is 0. The van der Waals surface area contributed by atoms with Crippen molar-refractivity contribution in [3.05, 3.63) is 144 Å². The van der Waals surface area contributed by atoms with Gasteiger partial charge in [0.15, 0.2) is 0 Å². The van der Waals surface area contributed by atoms with Crippen molar-refractivity contribution in [2.75, 3.05) is 0 Å². The van der Waals surface area contributed by atoms with Crippen LogP contribution in [-0.4, -0.2) is 9.13 Å². The van der Waals surface area contributed by atoms with Gasteiger partial charge in [-0.25, -0.2) is 0 Å². The van der Waals surface area contributed by atoms with Crippen LogP contribution in [0.1, 0.15) is 22.3 Å². The maximum Gasteiger partial charge on any atom is 0.0579 e. The van der Waals surface area contributed by atoms with Crippen LogP contribution in [0.5, 0.6) is 0 Å². The van der Waals surface area contributed by atoms with E-state index in [1.807, 2.05) is 0 Å². The van der Waals surface area contributed by atoms with Gasteiger partial charge in [-0.05, 0) is 108 Å². The summed E-state index contributed by atoms with van der Waals surface area (Å²) < 4.78 is 5.05. The van der Waals surface area contributed by atoms with Gasteiger partial charge < -0.3 is 9.13 Å². The summed E-state index contributed by atoms with van der Waals surface area (Å²) in [6.45, 7) is 0. The summed E-state index contributed by atoms with van der Waals surface area (Å²) >= 11 is 0. The molecule has 8 aromatic rings. The Hall–Kier alpha value is -5.08. The standard InChI is InChI=1S/C40H28N2/c1-3-11-27(12-4-1)41-35-17-9-7-15-29(35)33-23-25-20-22-32-38-26(19-21-31(37(25)38)39(33)41)24-34-30-16-8-10-18-36(30)42(40(32)34)28-13-5-2-6-14-28/h1-18,23-24H,19-22H2. The molecule has 0 radical (unpaired) electrons. The summed E-state index contributed by atoms with van der Waals surface area (Å²) in [6, 6.07) is 44.9. The van der Waals surface area contributed by atoms with Crippen LogP contribution in [0.4, 0.5) is 0 Å². The van der Waals surface area contributed by atoms with E-state index in [-0.39, 0.29) is 0 Å². The van der Waals surface area contributed by atoms with Gasteiger partial charge in [0, 0.05) is 32.9 Å². The fourth-order valence-electron chi connectivity index (χ4n) is 8.25. The van der Waals surface area contributed by atoms with Crippen LogP contribution in [-0.2, 0) is 25.7 Å². The lowest BCUT2D eigenvalue weighted by Crippen LogP contribution is -2.16. The summed E-state index contributed by atoms with van der Waals surface area (Å²) in [5.41, 5.74) is 17.0. The molecule has 0 aliphatic heterocycles. The lowest BCUT2D eigenvalue weighted by atomic mass is 9.74. The van der Waals surface area contributed by atoms with E-state index in [2.05, 4.69) is 130 Å². The van der Waals surface area contributed by atoms with Crippen LogP contribution in [0.15, 0.2) is 121 Å². The molecule has 198 valence electrons. The highest BCUT2D eigenvalue weighted by molar-refractivity contribution is 6.15. The van der Waals surface area contributed by atoms with Crippen LogP contribution < -0.4 is 0 Å². The Morgan fingerprint density at radius 2 is 0.786 bits per heavy atom. The minimum atomic E-state index is 1.07. The molecule has 10 rings (SSSR count). The number of nitrogens with zero attached hydrogens (tertiary/aromatic N) is 2. The predicted molar refractivity (Wildman–Crippen MR) is 175 cm³/mol. The molecule has 0 unspecified atom stereocenters. The lowest BCUT2D eigenvalue weighted by Gasteiger charge is -2.31. The third kappa shape index (κ3) is 2.84. The zero-order valence-electron chi connectivity index (χ0n) is 23.3. The molecule has 2 heteroatoms. The monoisotopic (exact) mass is 536 g/mol. The normalized spacial score (nSPS) is 13.8. The minimum Gasteiger partial charge on any atom is -0.309 e. The Labute approximate surface area is 244 Å². The van der Waals surface area contributed by atoms with E-state index in [0.717, 1.165) is 25.7 Å². The maximum absolute atomic E-state index is 2.53. The molecule has 6 aromatic carbocycles. The van der Waals surface area contributed by atoms with E-state index in [1.165, 1.54) is 88.4 Å². The van der Waals surface area contributed by atoms with E-state index >= 15 is 0 Å². The molecule has 42 heavy (non-hydrogen) atoms. The summed E-state index contributed by atoms with van der Waals surface area (Å²) in [5.74, 6) is 0. The number of aromatic nitrogens is 2. The van der Waals surface area contributed by atoms with Crippen molar-refractivity contribution >= 4 is 43.6 Å². The molecule has 0 bridgehead atoms. The molecular formula is C40H28N2. The Morgan fingerprint density at radius 3 is 1.24 bits per heavy atom. The van der Waals surface area contributed by atoms with Crippen molar-refractivity contribution in [1.29, 1.82) is 0 Å². The number of para-hydroxylation sites is 4. The van der Waals surface area contributed by atoms with Gasteiger partial charge in [0.25, 0.3) is 0 Å². The lowest BCUT2D eigenvalue weighted by molar-refractivity contribution is 0.883. The first-order chi connectivity index (χ1) is 20.9. The molecule has 2 heterocycles. The van der Waals surface area contributed by atoms with Gasteiger partial charge >= 0.3 is 0 Å². The van der Waals surface area contributed by atoms with Crippen LogP contribution >= 0.6 is 0 Å². The number of hydrogen-bond donors (Lipinski definition) is 0. The molecule has 0 fully saturated rings. The van der Waals surface area contributed by atoms with Crippen LogP contribution in [0.2, 0.25) is 0 Å². The Bertz CT molecular complexity index is 2220. The van der Waals surface area contributed by atoms with Crippen molar-refractivity contribution < 1.29 is 0 Å². The fourth-order valence-corrected chi connectivity index (χ4v) is 8.25. The Morgan fingerprint density at radius 1 is 0.381 bits per heavy atom. The number of rotatable bonds is 2. The largest absolute Gasteiger partial charge is 0.309 e. The summed E-state index contributed by atoms with van der Waals surface area (Å²) in [7, 11) is 0. The van der Waals surface area contributed by atoms with Crippen molar-refractivity contribution in [3.8, 4) is 22.5 Å². The van der Waals surface area contributed by atoms with Gasteiger partial charge in [0.05, 0.1) is 22.1 Å². The quantitative estimate of drug-likeness (QED) is 0.208. The van der Waals surface area contributed by atoms with Gasteiger partial charge in [-0.1, -0.05) is 72.8 Å². The van der Waals surface area contributed by atoms with E-state index < -0.39 is 0 Å². The molecule has 2 aromatic heterocycles. The average molecular weight is 537 g/mol. The predicted octanol–water partition coefficient (Wildman–Crippen LogP) is 9.74. The van der Waals surface area contributed by atoms with Gasteiger partial charge in [0.2, 0.25) is 0 Å². The van der Waals surface area contributed by atoms with E-state index in [0.29, 0.717) is 0 Å².